The van der Waals surface area contributed by atoms with E-state index >= 15 is 0 Å². The third-order valence-electron chi connectivity index (χ3n) is 4.50. The molecule has 1 aliphatic carbocycles. The third kappa shape index (κ3) is 3.21. The van der Waals surface area contributed by atoms with Crippen molar-refractivity contribution in [1.29, 1.82) is 0 Å². The van der Waals surface area contributed by atoms with Gasteiger partial charge in [-0.25, -0.2) is 4.79 Å². The van der Waals surface area contributed by atoms with Gasteiger partial charge in [0.25, 0.3) is 5.91 Å². The summed E-state index contributed by atoms with van der Waals surface area (Å²) in [7, 11) is 0. The molecule has 1 saturated carbocycles. The zero-order valence-electron chi connectivity index (χ0n) is 12.8. The molecule has 1 aromatic rings. The molecule has 1 aliphatic heterocycles. The van der Waals surface area contributed by atoms with Gasteiger partial charge in [-0.3, -0.25) is 14.6 Å². The number of benzene rings is 1. The van der Waals surface area contributed by atoms with Crippen molar-refractivity contribution in [2.45, 2.75) is 32.1 Å². The van der Waals surface area contributed by atoms with Crippen LogP contribution in [0.2, 0.25) is 0 Å². The highest BCUT2D eigenvalue weighted by Crippen LogP contribution is 2.25. The van der Waals surface area contributed by atoms with Crippen LogP contribution in [-0.4, -0.2) is 29.9 Å². The molecule has 4 heteroatoms. The lowest BCUT2D eigenvalue weighted by molar-refractivity contribution is -0.122. The van der Waals surface area contributed by atoms with Crippen LogP contribution >= 0.6 is 0 Å². The van der Waals surface area contributed by atoms with Crippen molar-refractivity contribution in [2.24, 2.45) is 5.92 Å². The number of urea groups is 1. The first kappa shape index (κ1) is 14.8. The zero-order valence-corrected chi connectivity index (χ0v) is 12.8. The highest BCUT2D eigenvalue weighted by atomic mass is 16.2. The van der Waals surface area contributed by atoms with Crippen LogP contribution in [0.1, 0.15) is 32.1 Å². The van der Waals surface area contributed by atoms with Crippen LogP contribution in [0.4, 0.5) is 10.5 Å². The van der Waals surface area contributed by atoms with Crippen LogP contribution in [0, 0.1) is 5.92 Å². The Labute approximate surface area is 131 Å². The molecule has 1 aromatic carbocycles. The van der Waals surface area contributed by atoms with Crippen LogP contribution < -0.4 is 4.90 Å². The largest absolute Gasteiger partial charge is 0.331 e. The average Bonchev–Trinajstić information content (AvgIpc) is 2.96. The summed E-state index contributed by atoms with van der Waals surface area (Å²) in [5.74, 6) is 0.314. The molecule has 0 radical (unpaired) electrons. The van der Waals surface area contributed by atoms with Crippen molar-refractivity contribution in [1.82, 2.24) is 4.90 Å². The van der Waals surface area contributed by atoms with Crippen molar-refractivity contribution >= 4 is 17.6 Å². The fourth-order valence-electron chi connectivity index (χ4n) is 3.22. The lowest BCUT2D eigenvalue weighted by atomic mass is 9.89. The summed E-state index contributed by atoms with van der Waals surface area (Å²) in [5.41, 5.74) is 0.846. The number of hydrogen-bond acceptors (Lipinski definition) is 2. The molecule has 3 rings (SSSR count). The third-order valence-corrected chi connectivity index (χ3v) is 4.50. The van der Waals surface area contributed by atoms with Gasteiger partial charge in [0.2, 0.25) is 0 Å². The van der Waals surface area contributed by atoms with E-state index in [-0.39, 0.29) is 11.9 Å². The SMILES string of the molecule is O=C(/C=C/C1CCCCC1)N1CCN(c2ccccc2)C1=O. The Morgan fingerprint density at radius 1 is 1.05 bits per heavy atom. The number of nitrogens with zero attached hydrogens (tertiary/aromatic N) is 2. The van der Waals surface area contributed by atoms with Crippen LogP contribution in [0.25, 0.3) is 0 Å². The maximum atomic E-state index is 12.4. The number of para-hydroxylation sites is 1. The molecule has 0 spiro atoms. The maximum absolute atomic E-state index is 12.4. The van der Waals surface area contributed by atoms with E-state index < -0.39 is 0 Å². The summed E-state index contributed by atoms with van der Waals surface area (Å²) in [4.78, 5) is 27.7. The Kier molecular flexibility index (Phi) is 4.56. The average molecular weight is 298 g/mol. The van der Waals surface area contributed by atoms with Crippen molar-refractivity contribution in [3.63, 3.8) is 0 Å². The minimum Gasteiger partial charge on any atom is -0.292 e. The lowest BCUT2D eigenvalue weighted by Crippen LogP contribution is -2.35. The van der Waals surface area contributed by atoms with E-state index in [1.54, 1.807) is 11.0 Å². The number of rotatable bonds is 3. The predicted molar refractivity (Wildman–Crippen MR) is 86.6 cm³/mol. The van der Waals surface area contributed by atoms with E-state index in [9.17, 15) is 9.59 Å². The van der Waals surface area contributed by atoms with Crippen molar-refractivity contribution in [3.8, 4) is 0 Å². The van der Waals surface area contributed by atoms with Gasteiger partial charge in [0.1, 0.15) is 0 Å². The number of amides is 3. The second-order valence-electron chi connectivity index (χ2n) is 6.02. The van der Waals surface area contributed by atoms with Gasteiger partial charge in [0.15, 0.2) is 0 Å². The molecule has 0 aromatic heterocycles. The van der Waals surface area contributed by atoms with Gasteiger partial charge in [-0.05, 0) is 37.0 Å². The van der Waals surface area contributed by atoms with E-state index in [1.165, 1.54) is 24.2 Å². The fourth-order valence-corrected chi connectivity index (χ4v) is 3.22. The van der Waals surface area contributed by atoms with Gasteiger partial charge in [0.05, 0.1) is 0 Å². The number of hydrogen-bond donors (Lipinski definition) is 0. The predicted octanol–water partition coefficient (Wildman–Crippen LogP) is 3.59. The lowest BCUT2D eigenvalue weighted by Gasteiger charge is -2.18. The van der Waals surface area contributed by atoms with Gasteiger partial charge in [-0.15, -0.1) is 0 Å². The van der Waals surface area contributed by atoms with E-state index in [0.29, 0.717) is 19.0 Å². The number of imide groups is 1. The summed E-state index contributed by atoms with van der Waals surface area (Å²) >= 11 is 0. The first-order valence-corrected chi connectivity index (χ1v) is 8.12. The molecule has 0 N–H and O–H groups in total. The van der Waals surface area contributed by atoms with Gasteiger partial charge in [0, 0.05) is 18.8 Å². The number of carbonyl (C=O) groups is 2. The second kappa shape index (κ2) is 6.77. The van der Waals surface area contributed by atoms with Gasteiger partial charge < -0.3 is 0 Å². The van der Waals surface area contributed by atoms with Crippen LogP contribution in [-0.2, 0) is 4.79 Å². The van der Waals surface area contributed by atoms with Crippen LogP contribution in [0.5, 0.6) is 0 Å². The normalized spacial score (nSPS) is 20.1. The summed E-state index contributed by atoms with van der Waals surface area (Å²) in [6.07, 6.45) is 9.71. The molecule has 1 saturated heterocycles. The first-order valence-electron chi connectivity index (χ1n) is 8.12. The Hall–Kier alpha value is -2.10. The van der Waals surface area contributed by atoms with Crippen molar-refractivity contribution < 1.29 is 9.59 Å². The molecule has 4 nitrogen and oxygen atoms in total. The van der Waals surface area contributed by atoms with Crippen LogP contribution in [0.3, 0.4) is 0 Å². The number of allylic oxidation sites excluding steroid dienone is 1. The van der Waals surface area contributed by atoms with Crippen molar-refractivity contribution in [2.75, 3.05) is 18.0 Å². The molecule has 0 unspecified atom stereocenters. The highest BCUT2D eigenvalue weighted by Gasteiger charge is 2.32. The van der Waals surface area contributed by atoms with Gasteiger partial charge >= 0.3 is 6.03 Å². The summed E-state index contributed by atoms with van der Waals surface area (Å²) in [5, 5.41) is 0. The second-order valence-corrected chi connectivity index (χ2v) is 6.02. The fraction of sp³-hybridized carbons (Fsp3) is 0.444. The maximum Gasteiger partial charge on any atom is 0.331 e. The molecule has 116 valence electrons. The summed E-state index contributed by atoms with van der Waals surface area (Å²) in [6.45, 7) is 1.02. The van der Waals surface area contributed by atoms with E-state index in [1.807, 2.05) is 36.4 Å². The topological polar surface area (TPSA) is 40.6 Å². The molecular formula is C18H22N2O2. The minimum absolute atomic E-state index is 0.186. The molecule has 0 atom stereocenters. The van der Waals surface area contributed by atoms with E-state index in [0.717, 1.165) is 18.5 Å². The smallest absolute Gasteiger partial charge is 0.292 e. The molecule has 2 fully saturated rings. The van der Waals surface area contributed by atoms with E-state index in [4.69, 9.17) is 0 Å². The molecule has 0 bridgehead atoms. The first-order chi connectivity index (χ1) is 10.8. The van der Waals surface area contributed by atoms with Gasteiger partial charge in [-0.1, -0.05) is 43.5 Å². The molecule has 1 heterocycles. The Bertz CT molecular complexity index is 562. The zero-order chi connectivity index (χ0) is 15.4. The minimum atomic E-state index is -0.218. The molecule has 2 aliphatic rings. The van der Waals surface area contributed by atoms with Gasteiger partial charge in [-0.2, -0.15) is 0 Å². The standard InChI is InChI=1S/C18H22N2O2/c21-17(12-11-15-7-3-1-4-8-15)20-14-13-19(18(20)22)16-9-5-2-6-10-16/h2,5-6,9-12,15H,1,3-4,7-8,13-14H2/b12-11+. The monoisotopic (exact) mass is 298 g/mol. The highest BCUT2D eigenvalue weighted by molar-refractivity contribution is 6.07. The Balaban J connectivity index is 1.62. The van der Waals surface area contributed by atoms with E-state index in [2.05, 4.69) is 0 Å². The van der Waals surface area contributed by atoms with Crippen molar-refractivity contribution in [3.05, 3.63) is 42.5 Å². The summed E-state index contributed by atoms with van der Waals surface area (Å²) in [6, 6.07) is 9.28. The molecule has 22 heavy (non-hydrogen) atoms. The number of carbonyl (C=O) groups excluding carboxylic acids is 2. The molecular weight excluding hydrogens is 276 g/mol. The summed E-state index contributed by atoms with van der Waals surface area (Å²) < 4.78 is 0. The molecule has 3 amide bonds. The number of anilines is 1. The Morgan fingerprint density at radius 2 is 1.77 bits per heavy atom. The quantitative estimate of drug-likeness (QED) is 0.800. The Morgan fingerprint density at radius 3 is 2.50 bits per heavy atom. The van der Waals surface area contributed by atoms with Crippen LogP contribution in [0.15, 0.2) is 42.5 Å².